The number of carboxylic acids is 2. The third-order valence-corrected chi connectivity index (χ3v) is 6.36. The first kappa shape index (κ1) is 33.5. The third kappa shape index (κ3) is 10.4. The number of carboxylic acid groups (broad SMARTS) is 2. The Morgan fingerprint density at radius 3 is 2.21 bits per heavy atom. The van der Waals surface area contributed by atoms with Gasteiger partial charge in [0.25, 0.3) is 0 Å². The number of rotatable bonds is 17. The molecule has 1 heterocycles. The van der Waals surface area contributed by atoms with Crippen molar-refractivity contribution in [1.82, 2.24) is 20.9 Å². The van der Waals surface area contributed by atoms with Crippen molar-refractivity contribution in [3.05, 3.63) is 36.0 Å². The van der Waals surface area contributed by atoms with Gasteiger partial charge in [-0.05, 0) is 37.8 Å². The Kier molecular flexibility index (Phi) is 12.7. The molecule has 0 bridgehead atoms. The van der Waals surface area contributed by atoms with Gasteiger partial charge >= 0.3 is 11.9 Å². The van der Waals surface area contributed by atoms with Gasteiger partial charge in [0.05, 0.1) is 12.1 Å². The molecule has 5 atom stereocenters. The Morgan fingerprint density at radius 2 is 1.60 bits per heavy atom. The van der Waals surface area contributed by atoms with Crippen LogP contribution in [-0.4, -0.2) is 92.7 Å². The van der Waals surface area contributed by atoms with Gasteiger partial charge in [-0.15, -0.1) is 0 Å². The Labute approximate surface area is 241 Å². The maximum absolute atomic E-state index is 13.6. The number of aliphatic carboxylic acids is 2. The van der Waals surface area contributed by atoms with Crippen LogP contribution in [0.15, 0.2) is 35.5 Å². The monoisotopic (exact) mass is 590 g/mol. The molecule has 0 aliphatic heterocycles. The van der Waals surface area contributed by atoms with Crippen molar-refractivity contribution in [2.24, 2.45) is 22.2 Å². The molecule has 42 heavy (non-hydrogen) atoms. The highest BCUT2D eigenvalue weighted by Gasteiger charge is 2.32. The predicted molar refractivity (Wildman–Crippen MR) is 152 cm³/mol. The van der Waals surface area contributed by atoms with Crippen LogP contribution in [0.25, 0.3) is 10.9 Å². The molecule has 0 saturated heterocycles. The molecule has 3 amide bonds. The molecule has 16 heteroatoms. The van der Waals surface area contributed by atoms with Crippen LogP contribution in [0.1, 0.15) is 38.2 Å². The average molecular weight is 591 g/mol. The van der Waals surface area contributed by atoms with E-state index >= 15 is 0 Å². The lowest BCUT2D eigenvalue weighted by atomic mass is 10.0. The first-order valence-electron chi connectivity index (χ1n) is 13.2. The molecule has 13 N–H and O–H groups in total. The van der Waals surface area contributed by atoms with E-state index in [1.54, 1.807) is 12.3 Å². The molecule has 1 aromatic heterocycles. The van der Waals surface area contributed by atoms with Gasteiger partial charge < -0.3 is 53.5 Å². The molecular weight excluding hydrogens is 552 g/mol. The highest BCUT2D eigenvalue weighted by Crippen LogP contribution is 2.19. The minimum atomic E-state index is -1.65. The number of aromatic nitrogens is 1. The zero-order chi connectivity index (χ0) is 31.4. The number of hydrogen-bond acceptors (Lipinski definition) is 8. The second-order valence-corrected chi connectivity index (χ2v) is 9.74. The quantitative estimate of drug-likeness (QED) is 0.0539. The summed E-state index contributed by atoms with van der Waals surface area (Å²) in [6, 6.07) is 1.84. The fraction of sp³-hybridized carbons (Fsp3) is 0.462. The smallest absolute Gasteiger partial charge is 0.328 e. The molecule has 0 fully saturated rings. The van der Waals surface area contributed by atoms with E-state index < -0.39 is 59.9 Å². The van der Waals surface area contributed by atoms with Crippen LogP contribution < -0.4 is 33.2 Å². The zero-order valence-corrected chi connectivity index (χ0v) is 23.1. The molecule has 0 aliphatic rings. The van der Waals surface area contributed by atoms with E-state index in [0.29, 0.717) is 5.56 Å². The van der Waals surface area contributed by atoms with Gasteiger partial charge in [-0.1, -0.05) is 18.2 Å². The molecule has 2 rings (SSSR count). The number of fused-ring (bicyclic) bond motifs is 1. The van der Waals surface area contributed by atoms with E-state index in [2.05, 4.69) is 25.9 Å². The Morgan fingerprint density at radius 1 is 0.952 bits per heavy atom. The number of benzene rings is 1. The standard InChI is InChI=1S/C26H38N8O8/c1-13(35)21(25(41)42)34-23(39)18(7-4-10-30-26(28)29)32-24(40)19(33-22(38)16(27)8-9-20(36)37)11-14-12-31-17-6-3-2-5-15(14)17/h2-3,5-6,12-13,16,18-19,21,31,35H,4,7-11,27H2,1H3,(H,32,40)(H,33,38)(H,34,39)(H,36,37)(H,41,42)(H4,28,29,30). The molecule has 1 aromatic carbocycles. The van der Waals surface area contributed by atoms with Gasteiger partial charge in [0, 0.05) is 36.5 Å². The van der Waals surface area contributed by atoms with Crippen molar-refractivity contribution in [2.75, 3.05) is 6.54 Å². The minimum Gasteiger partial charge on any atom is -0.481 e. The highest BCUT2D eigenvalue weighted by molar-refractivity contribution is 5.95. The van der Waals surface area contributed by atoms with Gasteiger partial charge in [0.1, 0.15) is 12.1 Å². The van der Waals surface area contributed by atoms with Crippen molar-refractivity contribution in [3.8, 4) is 0 Å². The van der Waals surface area contributed by atoms with E-state index in [9.17, 15) is 34.2 Å². The van der Waals surface area contributed by atoms with Crippen LogP contribution in [0, 0.1) is 0 Å². The average Bonchev–Trinajstić information content (AvgIpc) is 3.33. The topological polar surface area (TPSA) is 288 Å². The number of aliphatic hydroxyl groups is 1. The summed E-state index contributed by atoms with van der Waals surface area (Å²) < 4.78 is 0. The summed E-state index contributed by atoms with van der Waals surface area (Å²) in [5.41, 5.74) is 18.0. The van der Waals surface area contributed by atoms with E-state index in [1.165, 1.54) is 6.92 Å². The molecule has 0 radical (unpaired) electrons. The number of H-pyrrole nitrogens is 1. The van der Waals surface area contributed by atoms with Crippen molar-refractivity contribution >= 4 is 46.5 Å². The summed E-state index contributed by atoms with van der Waals surface area (Å²) in [7, 11) is 0. The lowest BCUT2D eigenvalue weighted by Gasteiger charge is -2.26. The van der Waals surface area contributed by atoms with Crippen LogP contribution in [0.3, 0.4) is 0 Å². The first-order valence-corrected chi connectivity index (χ1v) is 13.2. The predicted octanol–water partition coefficient (Wildman–Crippen LogP) is -2.12. The third-order valence-electron chi connectivity index (χ3n) is 6.36. The van der Waals surface area contributed by atoms with E-state index in [4.69, 9.17) is 22.3 Å². The highest BCUT2D eigenvalue weighted by atomic mass is 16.4. The summed E-state index contributed by atoms with van der Waals surface area (Å²) in [4.78, 5) is 68.8. The van der Waals surface area contributed by atoms with Gasteiger partial charge in [-0.3, -0.25) is 24.2 Å². The van der Waals surface area contributed by atoms with Crippen LogP contribution in [0.5, 0.6) is 0 Å². The number of aliphatic imine (C=N–C) groups is 1. The van der Waals surface area contributed by atoms with Gasteiger partial charge in [0.15, 0.2) is 12.0 Å². The Bertz CT molecular complexity index is 1290. The Balaban J connectivity index is 2.32. The van der Waals surface area contributed by atoms with Crippen molar-refractivity contribution in [3.63, 3.8) is 0 Å². The summed E-state index contributed by atoms with van der Waals surface area (Å²) in [5, 5.41) is 36.2. The number of hydrogen-bond donors (Lipinski definition) is 10. The lowest BCUT2D eigenvalue weighted by molar-refractivity contribution is -0.145. The second kappa shape index (κ2) is 15.9. The lowest BCUT2D eigenvalue weighted by Crippen LogP contribution is -2.58. The molecule has 16 nitrogen and oxygen atoms in total. The van der Waals surface area contributed by atoms with E-state index in [-0.39, 0.29) is 44.6 Å². The normalized spacial score (nSPS) is 14.5. The van der Waals surface area contributed by atoms with Crippen LogP contribution in [0.2, 0.25) is 0 Å². The maximum atomic E-state index is 13.6. The van der Waals surface area contributed by atoms with Gasteiger partial charge in [-0.25, -0.2) is 4.79 Å². The number of carbonyl (C=O) groups excluding carboxylic acids is 3. The SMILES string of the molecule is CC(O)C(NC(=O)C(CCCN=C(N)N)NC(=O)C(Cc1c[nH]c2ccccc12)NC(=O)C(N)CCC(=O)O)C(=O)O. The van der Waals surface area contributed by atoms with Crippen molar-refractivity contribution in [2.45, 2.75) is 69.3 Å². The van der Waals surface area contributed by atoms with E-state index in [1.807, 2.05) is 18.2 Å². The number of nitrogens with two attached hydrogens (primary N) is 3. The zero-order valence-electron chi connectivity index (χ0n) is 23.1. The molecular formula is C26H38N8O8. The molecule has 0 aliphatic carbocycles. The van der Waals surface area contributed by atoms with Crippen LogP contribution in [0.4, 0.5) is 0 Å². The van der Waals surface area contributed by atoms with Crippen LogP contribution >= 0.6 is 0 Å². The first-order chi connectivity index (χ1) is 19.8. The number of guanidine groups is 1. The number of aliphatic hydroxyl groups excluding tert-OH is 1. The molecule has 230 valence electrons. The largest absolute Gasteiger partial charge is 0.481 e. The van der Waals surface area contributed by atoms with E-state index in [0.717, 1.165) is 10.9 Å². The molecule has 0 spiro atoms. The number of aromatic amines is 1. The number of nitrogens with one attached hydrogen (secondary N) is 4. The van der Waals surface area contributed by atoms with Crippen molar-refractivity contribution < 1.29 is 39.3 Å². The second-order valence-electron chi connectivity index (χ2n) is 9.74. The van der Waals surface area contributed by atoms with Crippen LogP contribution in [-0.2, 0) is 30.4 Å². The minimum absolute atomic E-state index is 0.0214. The number of amides is 3. The fourth-order valence-corrected chi connectivity index (χ4v) is 4.11. The Hall–Kier alpha value is -4.70. The van der Waals surface area contributed by atoms with Crippen molar-refractivity contribution in [1.29, 1.82) is 0 Å². The summed E-state index contributed by atoms with van der Waals surface area (Å²) >= 11 is 0. The summed E-state index contributed by atoms with van der Waals surface area (Å²) in [6.45, 7) is 1.29. The molecule has 5 unspecified atom stereocenters. The fourth-order valence-electron chi connectivity index (χ4n) is 4.11. The molecule has 0 saturated carbocycles. The maximum Gasteiger partial charge on any atom is 0.328 e. The summed E-state index contributed by atoms with van der Waals surface area (Å²) in [6.07, 6.45) is -0.143. The molecule has 2 aromatic rings. The van der Waals surface area contributed by atoms with Gasteiger partial charge in [0.2, 0.25) is 17.7 Å². The number of nitrogens with zero attached hydrogens (tertiary/aromatic N) is 1. The van der Waals surface area contributed by atoms with Gasteiger partial charge in [-0.2, -0.15) is 0 Å². The number of para-hydroxylation sites is 1. The summed E-state index contributed by atoms with van der Waals surface area (Å²) in [5.74, 6) is -5.26. The number of carbonyl (C=O) groups is 5.